The summed E-state index contributed by atoms with van der Waals surface area (Å²) in [5, 5.41) is 10.3. The van der Waals surface area contributed by atoms with Crippen LogP contribution in [0.1, 0.15) is 38.4 Å². The number of aliphatic hydroxyl groups excluding tert-OH is 1. The maximum atomic E-state index is 12.8. The van der Waals surface area contributed by atoms with Crippen LogP contribution >= 0.6 is 0 Å². The fourth-order valence-corrected chi connectivity index (χ4v) is 2.77. The predicted octanol–water partition coefficient (Wildman–Crippen LogP) is 3.85. The lowest BCUT2D eigenvalue weighted by molar-refractivity contribution is 0.0932. The van der Waals surface area contributed by atoms with Crippen molar-refractivity contribution in [3.63, 3.8) is 0 Å². The largest absolute Gasteiger partial charge is 0.388 e. The minimum Gasteiger partial charge on any atom is -0.388 e. The molecule has 0 radical (unpaired) electrons. The molecule has 0 fully saturated rings. The van der Waals surface area contributed by atoms with Crippen molar-refractivity contribution in [2.45, 2.75) is 32.8 Å². The standard InChI is InChI=1S/C15H19FO/c1-10-7-11(2)9-13(8-10)15(17)12-3-5-14(16)6-4-12/h3-7,10,13,15,17H,8-9H2,1-2H3. The second kappa shape index (κ2) is 5.01. The summed E-state index contributed by atoms with van der Waals surface area (Å²) in [6.45, 7) is 4.28. The average Bonchev–Trinajstić information content (AvgIpc) is 2.28. The van der Waals surface area contributed by atoms with E-state index in [0.29, 0.717) is 5.92 Å². The molecule has 3 unspecified atom stereocenters. The fraction of sp³-hybridized carbons (Fsp3) is 0.467. The molecule has 0 heterocycles. The first kappa shape index (κ1) is 12.3. The van der Waals surface area contributed by atoms with Gasteiger partial charge in [-0.3, -0.25) is 0 Å². The number of allylic oxidation sites excluding steroid dienone is 2. The molecule has 1 aliphatic carbocycles. The second-order valence-electron chi connectivity index (χ2n) is 5.19. The number of benzene rings is 1. The van der Waals surface area contributed by atoms with Crippen molar-refractivity contribution in [2.24, 2.45) is 11.8 Å². The highest BCUT2D eigenvalue weighted by Gasteiger charge is 2.25. The van der Waals surface area contributed by atoms with E-state index in [1.54, 1.807) is 12.1 Å². The normalized spacial score (nSPS) is 26.5. The number of halogens is 1. The summed E-state index contributed by atoms with van der Waals surface area (Å²) in [6.07, 6.45) is 3.72. The summed E-state index contributed by atoms with van der Waals surface area (Å²) >= 11 is 0. The SMILES string of the molecule is CC1=CC(C)CC(C(O)c2ccc(F)cc2)C1. The smallest absolute Gasteiger partial charge is 0.123 e. The molecule has 0 saturated heterocycles. The number of aliphatic hydroxyl groups is 1. The van der Waals surface area contributed by atoms with Crippen LogP contribution in [0, 0.1) is 17.7 Å². The Morgan fingerprint density at radius 2 is 1.94 bits per heavy atom. The van der Waals surface area contributed by atoms with E-state index in [-0.39, 0.29) is 11.7 Å². The quantitative estimate of drug-likeness (QED) is 0.770. The van der Waals surface area contributed by atoms with Crippen LogP contribution in [0.15, 0.2) is 35.9 Å². The minimum absolute atomic E-state index is 0.250. The van der Waals surface area contributed by atoms with E-state index in [0.717, 1.165) is 18.4 Å². The number of rotatable bonds is 2. The monoisotopic (exact) mass is 234 g/mol. The van der Waals surface area contributed by atoms with Crippen LogP contribution in [0.4, 0.5) is 4.39 Å². The predicted molar refractivity (Wildman–Crippen MR) is 67.0 cm³/mol. The van der Waals surface area contributed by atoms with Crippen molar-refractivity contribution >= 4 is 0 Å². The van der Waals surface area contributed by atoms with Gasteiger partial charge >= 0.3 is 0 Å². The number of hydrogen-bond acceptors (Lipinski definition) is 1. The summed E-state index contributed by atoms with van der Waals surface area (Å²) in [5.41, 5.74) is 2.16. The molecule has 0 bridgehead atoms. The Morgan fingerprint density at radius 1 is 1.29 bits per heavy atom. The summed E-state index contributed by atoms with van der Waals surface area (Å²) in [6, 6.07) is 6.18. The van der Waals surface area contributed by atoms with E-state index in [1.165, 1.54) is 17.7 Å². The van der Waals surface area contributed by atoms with Gasteiger partial charge in [-0.05, 0) is 49.3 Å². The van der Waals surface area contributed by atoms with E-state index < -0.39 is 6.10 Å². The van der Waals surface area contributed by atoms with Gasteiger partial charge in [-0.2, -0.15) is 0 Å². The number of hydrogen-bond donors (Lipinski definition) is 1. The zero-order valence-corrected chi connectivity index (χ0v) is 10.4. The van der Waals surface area contributed by atoms with Gasteiger partial charge < -0.3 is 5.11 Å². The van der Waals surface area contributed by atoms with Crippen LogP contribution in [0.5, 0.6) is 0 Å². The van der Waals surface area contributed by atoms with Crippen LogP contribution in [-0.4, -0.2) is 5.11 Å². The van der Waals surface area contributed by atoms with Gasteiger partial charge in [0.25, 0.3) is 0 Å². The first-order valence-corrected chi connectivity index (χ1v) is 6.17. The Labute approximate surface area is 102 Å². The lowest BCUT2D eigenvalue weighted by Gasteiger charge is -2.29. The molecule has 1 aromatic rings. The van der Waals surface area contributed by atoms with Crippen molar-refractivity contribution in [2.75, 3.05) is 0 Å². The Morgan fingerprint density at radius 3 is 2.53 bits per heavy atom. The molecule has 17 heavy (non-hydrogen) atoms. The molecule has 1 N–H and O–H groups in total. The maximum absolute atomic E-state index is 12.8. The topological polar surface area (TPSA) is 20.2 Å². The van der Waals surface area contributed by atoms with Gasteiger partial charge in [-0.15, -0.1) is 0 Å². The molecule has 0 amide bonds. The van der Waals surface area contributed by atoms with Crippen LogP contribution in [0.3, 0.4) is 0 Å². The second-order valence-corrected chi connectivity index (χ2v) is 5.19. The summed E-state index contributed by atoms with van der Waals surface area (Å²) in [7, 11) is 0. The highest BCUT2D eigenvalue weighted by atomic mass is 19.1. The molecule has 2 heteroatoms. The highest BCUT2D eigenvalue weighted by Crippen LogP contribution is 2.36. The Kier molecular flexibility index (Phi) is 3.63. The first-order valence-electron chi connectivity index (χ1n) is 6.17. The summed E-state index contributed by atoms with van der Waals surface area (Å²) in [4.78, 5) is 0. The van der Waals surface area contributed by atoms with Crippen LogP contribution < -0.4 is 0 Å². The van der Waals surface area contributed by atoms with E-state index in [9.17, 15) is 9.50 Å². The molecule has 2 rings (SSSR count). The van der Waals surface area contributed by atoms with Crippen molar-refractivity contribution in [3.05, 3.63) is 47.3 Å². The van der Waals surface area contributed by atoms with Gasteiger partial charge in [-0.1, -0.05) is 30.7 Å². The van der Waals surface area contributed by atoms with Gasteiger partial charge in [0.05, 0.1) is 6.10 Å². The van der Waals surface area contributed by atoms with E-state index >= 15 is 0 Å². The first-order chi connectivity index (χ1) is 8.06. The minimum atomic E-state index is -0.485. The van der Waals surface area contributed by atoms with Gasteiger partial charge in [0.15, 0.2) is 0 Å². The molecule has 92 valence electrons. The van der Waals surface area contributed by atoms with E-state index in [2.05, 4.69) is 19.9 Å². The Bertz CT molecular complexity index is 407. The van der Waals surface area contributed by atoms with Crippen molar-refractivity contribution in [1.82, 2.24) is 0 Å². The van der Waals surface area contributed by atoms with Gasteiger partial charge in [0.1, 0.15) is 5.82 Å². The molecular weight excluding hydrogens is 215 g/mol. The average molecular weight is 234 g/mol. The zero-order valence-electron chi connectivity index (χ0n) is 10.4. The van der Waals surface area contributed by atoms with Crippen molar-refractivity contribution < 1.29 is 9.50 Å². The molecule has 3 atom stereocenters. The van der Waals surface area contributed by atoms with Gasteiger partial charge in [-0.25, -0.2) is 4.39 Å². The third kappa shape index (κ3) is 2.95. The van der Waals surface area contributed by atoms with Crippen molar-refractivity contribution in [1.29, 1.82) is 0 Å². The maximum Gasteiger partial charge on any atom is 0.123 e. The molecule has 1 aliphatic rings. The van der Waals surface area contributed by atoms with Gasteiger partial charge in [0.2, 0.25) is 0 Å². The van der Waals surface area contributed by atoms with E-state index in [4.69, 9.17) is 0 Å². The van der Waals surface area contributed by atoms with Gasteiger partial charge in [0, 0.05) is 0 Å². The van der Waals surface area contributed by atoms with Crippen LogP contribution in [0.2, 0.25) is 0 Å². The molecular formula is C15H19FO. The van der Waals surface area contributed by atoms with Crippen LogP contribution in [0.25, 0.3) is 0 Å². The van der Waals surface area contributed by atoms with Crippen molar-refractivity contribution in [3.8, 4) is 0 Å². The lowest BCUT2D eigenvalue weighted by atomic mass is 9.79. The molecule has 1 nitrogen and oxygen atoms in total. The third-order valence-corrected chi connectivity index (χ3v) is 3.49. The molecule has 0 aromatic heterocycles. The molecule has 0 saturated carbocycles. The molecule has 0 aliphatic heterocycles. The zero-order chi connectivity index (χ0) is 12.4. The molecule has 1 aromatic carbocycles. The fourth-order valence-electron chi connectivity index (χ4n) is 2.77. The lowest BCUT2D eigenvalue weighted by Crippen LogP contribution is -2.19. The molecule has 0 spiro atoms. The summed E-state index contributed by atoms with van der Waals surface area (Å²) < 4.78 is 12.8. The highest BCUT2D eigenvalue weighted by molar-refractivity contribution is 5.20. The van der Waals surface area contributed by atoms with Crippen LogP contribution in [-0.2, 0) is 0 Å². The van der Waals surface area contributed by atoms with E-state index in [1.807, 2.05) is 0 Å². The summed E-state index contributed by atoms with van der Waals surface area (Å²) in [5.74, 6) is 0.512. The third-order valence-electron chi connectivity index (χ3n) is 3.49. The Hall–Kier alpha value is -1.15. The Balaban J connectivity index is 2.12.